The van der Waals surface area contributed by atoms with Gasteiger partial charge in [-0.3, -0.25) is 4.79 Å². The van der Waals surface area contributed by atoms with E-state index < -0.39 is 5.97 Å². The first-order chi connectivity index (χ1) is 14.3. The molecule has 1 aliphatic carbocycles. The van der Waals surface area contributed by atoms with E-state index >= 15 is 0 Å². The molecule has 4 rings (SSSR count). The van der Waals surface area contributed by atoms with Crippen LogP contribution in [0.4, 0.5) is 5.69 Å². The number of benzene rings is 1. The highest BCUT2D eigenvalue weighted by atomic mass is 16.5. The SMILES string of the molecule is Cc1[nH]c(C(=O)Nc2cccc(-c3nnnn3C3CC3)c2)c(C)c1C(=O)OC(C)C. The van der Waals surface area contributed by atoms with E-state index in [1.807, 2.05) is 22.9 Å². The highest BCUT2D eigenvalue weighted by Crippen LogP contribution is 2.36. The fraction of sp³-hybridized carbons (Fsp3) is 0.381. The molecule has 2 aromatic heterocycles. The van der Waals surface area contributed by atoms with Crippen molar-refractivity contribution in [2.45, 2.75) is 52.7 Å². The normalized spacial score (nSPS) is 13.5. The first-order valence-electron chi connectivity index (χ1n) is 9.95. The highest BCUT2D eigenvalue weighted by molar-refractivity contribution is 6.07. The van der Waals surface area contributed by atoms with E-state index in [1.54, 1.807) is 33.8 Å². The highest BCUT2D eigenvalue weighted by Gasteiger charge is 2.28. The summed E-state index contributed by atoms with van der Waals surface area (Å²) < 4.78 is 7.12. The summed E-state index contributed by atoms with van der Waals surface area (Å²) in [6.07, 6.45) is 1.90. The smallest absolute Gasteiger partial charge is 0.340 e. The molecule has 0 spiro atoms. The van der Waals surface area contributed by atoms with Crippen molar-refractivity contribution < 1.29 is 14.3 Å². The topological polar surface area (TPSA) is 115 Å². The van der Waals surface area contributed by atoms with E-state index in [1.165, 1.54) is 0 Å². The average molecular weight is 408 g/mol. The minimum Gasteiger partial charge on any atom is -0.459 e. The Morgan fingerprint density at radius 3 is 2.73 bits per heavy atom. The second-order valence-electron chi connectivity index (χ2n) is 7.79. The van der Waals surface area contributed by atoms with Crippen LogP contribution in [-0.2, 0) is 4.74 Å². The van der Waals surface area contributed by atoms with Crippen LogP contribution in [0.3, 0.4) is 0 Å². The maximum absolute atomic E-state index is 12.9. The van der Waals surface area contributed by atoms with Gasteiger partial charge in [-0.2, -0.15) is 0 Å². The number of aromatic nitrogens is 5. The zero-order valence-corrected chi connectivity index (χ0v) is 17.4. The summed E-state index contributed by atoms with van der Waals surface area (Å²) in [5.74, 6) is -0.0958. The fourth-order valence-corrected chi connectivity index (χ4v) is 3.43. The second kappa shape index (κ2) is 7.74. The van der Waals surface area contributed by atoms with Gasteiger partial charge in [-0.05, 0) is 68.7 Å². The predicted octanol–water partition coefficient (Wildman–Crippen LogP) is 3.44. The van der Waals surface area contributed by atoms with Crippen LogP contribution in [0.5, 0.6) is 0 Å². The van der Waals surface area contributed by atoms with Crippen LogP contribution >= 0.6 is 0 Å². The molecule has 0 atom stereocenters. The van der Waals surface area contributed by atoms with Crippen molar-refractivity contribution in [2.75, 3.05) is 5.32 Å². The third-order valence-corrected chi connectivity index (χ3v) is 4.98. The monoisotopic (exact) mass is 408 g/mol. The van der Waals surface area contributed by atoms with Crippen LogP contribution in [0.25, 0.3) is 11.4 Å². The van der Waals surface area contributed by atoms with Crippen molar-refractivity contribution in [3.8, 4) is 11.4 Å². The number of aryl methyl sites for hydroxylation is 1. The Hall–Kier alpha value is -3.49. The molecule has 1 fully saturated rings. The van der Waals surface area contributed by atoms with Crippen molar-refractivity contribution in [3.05, 3.63) is 46.8 Å². The van der Waals surface area contributed by atoms with Gasteiger partial charge in [0.15, 0.2) is 5.82 Å². The summed E-state index contributed by atoms with van der Waals surface area (Å²) in [6.45, 7) is 7.05. The van der Waals surface area contributed by atoms with Crippen LogP contribution in [0.15, 0.2) is 24.3 Å². The molecule has 0 bridgehead atoms. The Kier molecular flexibility index (Phi) is 5.11. The largest absolute Gasteiger partial charge is 0.459 e. The molecule has 0 aliphatic heterocycles. The molecular formula is C21H24N6O3. The summed E-state index contributed by atoms with van der Waals surface area (Å²) in [5.41, 5.74) is 3.32. The van der Waals surface area contributed by atoms with Gasteiger partial charge in [0, 0.05) is 16.9 Å². The van der Waals surface area contributed by atoms with E-state index in [0.29, 0.717) is 40.1 Å². The molecule has 1 aromatic carbocycles. The number of esters is 1. The van der Waals surface area contributed by atoms with E-state index in [0.717, 1.165) is 18.4 Å². The molecule has 156 valence electrons. The zero-order valence-electron chi connectivity index (χ0n) is 17.4. The summed E-state index contributed by atoms with van der Waals surface area (Å²) in [5, 5.41) is 14.9. The number of carbonyl (C=O) groups is 2. The zero-order chi connectivity index (χ0) is 21.4. The Balaban J connectivity index is 1.56. The number of anilines is 1. The van der Waals surface area contributed by atoms with Gasteiger partial charge in [-0.15, -0.1) is 5.10 Å². The molecule has 2 heterocycles. The first-order valence-corrected chi connectivity index (χ1v) is 9.95. The molecule has 3 aromatic rings. The quantitative estimate of drug-likeness (QED) is 0.604. The molecule has 9 nitrogen and oxygen atoms in total. The Morgan fingerprint density at radius 1 is 1.27 bits per heavy atom. The van der Waals surface area contributed by atoms with Crippen LogP contribution in [0, 0.1) is 13.8 Å². The molecule has 1 saturated carbocycles. The molecule has 0 unspecified atom stereocenters. The Morgan fingerprint density at radius 2 is 2.03 bits per heavy atom. The van der Waals surface area contributed by atoms with Crippen LogP contribution in [0.1, 0.15) is 64.8 Å². The maximum atomic E-state index is 12.9. The van der Waals surface area contributed by atoms with Crippen molar-refractivity contribution in [1.82, 2.24) is 25.2 Å². The van der Waals surface area contributed by atoms with Crippen molar-refractivity contribution in [3.63, 3.8) is 0 Å². The molecule has 0 saturated heterocycles. The van der Waals surface area contributed by atoms with E-state index in [4.69, 9.17) is 4.74 Å². The van der Waals surface area contributed by atoms with Gasteiger partial charge in [-0.1, -0.05) is 12.1 Å². The molecular weight excluding hydrogens is 384 g/mol. The van der Waals surface area contributed by atoms with Gasteiger partial charge in [-0.25, -0.2) is 9.48 Å². The number of rotatable bonds is 6. The van der Waals surface area contributed by atoms with Crippen LogP contribution < -0.4 is 5.32 Å². The van der Waals surface area contributed by atoms with Gasteiger partial charge in [0.1, 0.15) is 5.69 Å². The number of tetrazole rings is 1. The Bertz CT molecular complexity index is 1110. The van der Waals surface area contributed by atoms with Gasteiger partial charge in [0.05, 0.1) is 17.7 Å². The van der Waals surface area contributed by atoms with E-state index in [-0.39, 0.29) is 12.0 Å². The lowest BCUT2D eigenvalue weighted by Crippen LogP contribution is -2.15. The van der Waals surface area contributed by atoms with Crippen molar-refractivity contribution >= 4 is 17.6 Å². The number of aromatic amines is 1. The Labute approximate surface area is 173 Å². The minimum absolute atomic E-state index is 0.238. The number of nitrogens with zero attached hydrogens (tertiary/aromatic N) is 4. The number of carbonyl (C=O) groups excluding carboxylic acids is 2. The second-order valence-corrected chi connectivity index (χ2v) is 7.79. The average Bonchev–Trinajstić information content (AvgIpc) is 3.32. The summed E-state index contributed by atoms with van der Waals surface area (Å²) in [7, 11) is 0. The fourth-order valence-electron chi connectivity index (χ4n) is 3.43. The lowest BCUT2D eigenvalue weighted by atomic mass is 10.1. The molecule has 1 amide bonds. The number of H-pyrrole nitrogens is 1. The summed E-state index contributed by atoms with van der Waals surface area (Å²) in [4.78, 5) is 28.3. The molecule has 1 aliphatic rings. The van der Waals surface area contributed by atoms with Crippen LogP contribution in [0.2, 0.25) is 0 Å². The first kappa shape index (κ1) is 19.8. The van der Waals surface area contributed by atoms with Gasteiger partial charge in [0.25, 0.3) is 5.91 Å². The van der Waals surface area contributed by atoms with E-state index in [9.17, 15) is 9.59 Å². The molecule has 30 heavy (non-hydrogen) atoms. The third kappa shape index (κ3) is 3.83. The summed E-state index contributed by atoms with van der Waals surface area (Å²) in [6, 6.07) is 7.73. The number of hydrogen-bond acceptors (Lipinski definition) is 6. The molecule has 0 radical (unpaired) electrons. The van der Waals surface area contributed by atoms with Crippen molar-refractivity contribution in [2.24, 2.45) is 0 Å². The number of ether oxygens (including phenoxy) is 1. The van der Waals surface area contributed by atoms with Gasteiger partial charge >= 0.3 is 5.97 Å². The predicted molar refractivity (Wildman–Crippen MR) is 110 cm³/mol. The standard InChI is InChI=1S/C21H24N6O3/c1-11(2)30-21(29)17-12(3)18(22-13(17)4)20(28)23-15-7-5-6-14(10-15)19-24-25-26-27(19)16-8-9-16/h5-7,10-11,16,22H,8-9H2,1-4H3,(H,23,28). The van der Waals surface area contributed by atoms with E-state index in [2.05, 4.69) is 25.8 Å². The third-order valence-electron chi connectivity index (χ3n) is 4.98. The summed E-state index contributed by atoms with van der Waals surface area (Å²) >= 11 is 0. The minimum atomic E-state index is -0.441. The van der Waals surface area contributed by atoms with Gasteiger partial charge < -0.3 is 15.0 Å². The maximum Gasteiger partial charge on any atom is 0.340 e. The number of hydrogen-bond donors (Lipinski definition) is 2. The lowest BCUT2D eigenvalue weighted by molar-refractivity contribution is 0.0376. The number of nitrogens with one attached hydrogen (secondary N) is 2. The van der Waals surface area contributed by atoms with Gasteiger partial charge in [0.2, 0.25) is 0 Å². The van der Waals surface area contributed by atoms with Crippen molar-refractivity contribution in [1.29, 1.82) is 0 Å². The molecule has 9 heteroatoms. The number of amides is 1. The lowest BCUT2D eigenvalue weighted by Gasteiger charge is -2.09. The van der Waals surface area contributed by atoms with Crippen LogP contribution in [-0.4, -0.2) is 43.2 Å². The molecule has 2 N–H and O–H groups in total.